The summed E-state index contributed by atoms with van der Waals surface area (Å²) in [6, 6.07) is -1.13. The fraction of sp³-hybridized carbons (Fsp3) is 0.538. The molecule has 0 bridgehead atoms. The van der Waals surface area contributed by atoms with Crippen LogP contribution in [-0.4, -0.2) is 91.7 Å². The quantitative estimate of drug-likeness (QED) is 0.0910. The molecule has 3 rings (SSSR count). The van der Waals surface area contributed by atoms with Gasteiger partial charge in [-0.3, -0.25) is 24.1 Å². The third-order valence-electron chi connectivity index (χ3n) is 5.81. The van der Waals surface area contributed by atoms with Gasteiger partial charge in [0.15, 0.2) is 10.8 Å². The van der Waals surface area contributed by atoms with Gasteiger partial charge in [0.25, 0.3) is 11.8 Å². The van der Waals surface area contributed by atoms with Crippen LogP contribution in [-0.2, 0) is 43.1 Å². The first-order valence-corrected chi connectivity index (χ1v) is 15.1. The number of ketones is 1. The lowest BCUT2D eigenvalue weighted by atomic mass is 10.0. The van der Waals surface area contributed by atoms with Gasteiger partial charge in [0.05, 0.1) is 0 Å². The number of aromatic nitrogens is 1. The lowest BCUT2D eigenvalue weighted by molar-refractivity contribution is -0.169. The Kier molecular flexibility index (Phi) is 10.9. The number of ether oxygens (including phenoxy) is 2. The number of oxime groups is 1. The molecule has 3 atom stereocenters. The van der Waals surface area contributed by atoms with Crippen LogP contribution >= 0.6 is 23.1 Å². The molecule has 43 heavy (non-hydrogen) atoms. The van der Waals surface area contributed by atoms with Crippen LogP contribution in [0.3, 0.4) is 0 Å². The number of nitrogens with two attached hydrogens (primary N) is 1. The van der Waals surface area contributed by atoms with Gasteiger partial charge in [-0.2, -0.15) is 0 Å². The fourth-order valence-corrected chi connectivity index (χ4v) is 5.86. The number of anilines is 1. The van der Waals surface area contributed by atoms with E-state index < -0.39 is 71.7 Å². The van der Waals surface area contributed by atoms with Gasteiger partial charge >= 0.3 is 17.9 Å². The zero-order valence-corrected chi connectivity index (χ0v) is 25.8. The van der Waals surface area contributed by atoms with Crippen LogP contribution in [0.2, 0.25) is 0 Å². The molecular formula is C26H33N5O10S2. The number of carboxylic acid groups (broad SMARTS) is 1. The number of hydrogen-bond acceptors (Lipinski definition) is 14. The van der Waals surface area contributed by atoms with Crippen molar-refractivity contribution in [3.05, 3.63) is 22.3 Å². The minimum absolute atomic E-state index is 0.0418. The number of aliphatic carboxylic acids is 1. The number of thiazole rings is 1. The number of carbonyl (C=O) groups excluding carboxylic acids is 5. The minimum Gasteiger partial charge on any atom is -0.477 e. The number of carboxylic acids is 1. The third-order valence-corrected chi connectivity index (χ3v) is 7.82. The number of amides is 2. The number of carbonyl (C=O) groups is 6. The normalized spacial score (nSPS) is 19.1. The Morgan fingerprint density at radius 3 is 2.53 bits per heavy atom. The van der Waals surface area contributed by atoms with E-state index in [9.17, 15) is 33.9 Å². The Bertz CT molecular complexity index is 1370. The van der Waals surface area contributed by atoms with E-state index in [2.05, 4.69) is 15.5 Å². The molecule has 0 aliphatic carbocycles. The lowest BCUT2D eigenvalue weighted by Crippen LogP contribution is -2.71. The molecule has 2 aliphatic rings. The molecule has 2 amide bonds. The smallest absolute Gasteiger partial charge is 0.352 e. The van der Waals surface area contributed by atoms with Crippen molar-refractivity contribution in [2.24, 2.45) is 5.16 Å². The van der Waals surface area contributed by atoms with Crippen molar-refractivity contribution in [1.82, 2.24) is 15.2 Å². The number of thioether (sulfide) groups is 1. The Hall–Kier alpha value is -3.99. The van der Waals surface area contributed by atoms with Crippen molar-refractivity contribution in [2.45, 2.75) is 77.0 Å². The van der Waals surface area contributed by atoms with Crippen molar-refractivity contribution in [3.63, 3.8) is 0 Å². The number of nitrogen functional groups attached to an aromatic ring is 1. The second kappa shape index (κ2) is 14.0. The highest BCUT2D eigenvalue weighted by atomic mass is 32.2. The van der Waals surface area contributed by atoms with Gasteiger partial charge in [-0.05, 0) is 34.1 Å². The Labute approximate surface area is 255 Å². The summed E-state index contributed by atoms with van der Waals surface area (Å²) in [5.41, 5.74) is 4.46. The van der Waals surface area contributed by atoms with Crippen molar-refractivity contribution < 1.29 is 48.2 Å². The standard InChI is InChI=1S/C26H33N5O10S2/c1-6-7-15(24(38)40-26(3,4)5)41-30-17(14-11-43-25(27)28-14)20(34)29-18-21(35)31-19(23(36)37)13(10-42-22(18)31)9-39-16(33)8-12(2)32/h11,15,18,22H,6-10H2,1-5H3,(H2,27,28)(H,29,34)(H,36,37)/t15?,18-,22+/m1/s1. The van der Waals surface area contributed by atoms with Gasteiger partial charge in [-0.25, -0.2) is 14.6 Å². The molecule has 0 saturated carbocycles. The van der Waals surface area contributed by atoms with E-state index in [1.165, 1.54) is 12.3 Å². The third kappa shape index (κ3) is 8.53. The van der Waals surface area contributed by atoms with Gasteiger partial charge in [0, 0.05) is 16.7 Å². The molecule has 3 heterocycles. The number of Topliss-reactive ketones (excluding diaryl/α,β-unsaturated/α-hetero) is 1. The molecule has 4 N–H and O–H groups in total. The van der Waals surface area contributed by atoms with Crippen molar-refractivity contribution in [1.29, 1.82) is 0 Å². The van der Waals surface area contributed by atoms with E-state index in [1.54, 1.807) is 20.8 Å². The van der Waals surface area contributed by atoms with E-state index in [1.807, 2.05) is 6.92 Å². The summed E-state index contributed by atoms with van der Waals surface area (Å²) < 4.78 is 10.4. The molecule has 0 aromatic carbocycles. The van der Waals surface area contributed by atoms with Crippen LogP contribution in [0.25, 0.3) is 0 Å². The summed E-state index contributed by atoms with van der Waals surface area (Å²) in [7, 11) is 0. The summed E-state index contributed by atoms with van der Waals surface area (Å²) in [6.07, 6.45) is -0.785. The van der Waals surface area contributed by atoms with E-state index in [0.717, 1.165) is 28.0 Å². The van der Waals surface area contributed by atoms with Gasteiger partial charge in [0.2, 0.25) is 6.10 Å². The molecular weight excluding hydrogens is 606 g/mol. The molecule has 2 aliphatic heterocycles. The Morgan fingerprint density at radius 2 is 1.98 bits per heavy atom. The summed E-state index contributed by atoms with van der Waals surface area (Å²) in [5.74, 6) is -4.82. The fourth-order valence-electron chi connectivity index (χ4n) is 3.99. The zero-order chi connectivity index (χ0) is 32.1. The van der Waals surface area contributed by atoms with Crippen LogP contribution in [0.15, 0.2) is 21.8 Å². The Balaban J connectivity index is 1.79. The van der Waals surface area contributed by atoms with Gasteiger partial charge in [0.1, 0.15) is 47.2 Å². The number of nitrogens with one attached hydrogen (secondary N) is 1. The number of β-lactam (4-membered cyclic amide) rings is 1. The second-order valence-electron chi connectivity index (χ2n) is 10.6. The molecule has 1 unspecified atom stereocenters. The molecule has 0 radical (unpaired) electrons. The summed E-state index contributed by atoms with van der Waals surface area (Å²) in [4.78, 5) is 84.6. The lowest BCUT2D eigenvalue weighted by Gasteiger charge is -2.49. The average molecular weight is 640 g/mol. The highest BCUT2D eigenvalue weighted by molar-refractivity contribution is 8.00. The summed E-state index contributed by atoms with van der Waals surface area (Å²) in [5, 5.41) is 17.1. The zero-order valence-electron chi connectivity index (χ0n) is 24.2. The molecule has 1 saturated heterocycles. The molecule has 1 aromatic heterocycles. The molecule has 234 valence electrons. The number of rotatable bonds is 13. The topological polar surface area (TPSA) is 217 Å². The average Bonchev–Trinajstić information content (AvgIpc) is 3.33. The molecule has 15 nitrogen and oxygen atoms in total. The van der Waals surface area contributed by atoms with Gasteiger partial charge in [-0.1, -0.05) is 18.5 Å². The van der Waals surface area contributed by atoms with E-state index in [4.69, 9.17) is 20.0 Å². The van der Waals surface area contributed by atoms with Crippen LogP contribution in [0.4, 0.5) is 5.13 Å². The maximum Gasteiger partial charge on any atom is 0.352 e. The first-order chi connectivity index (χ1) is 20.1. The van der Waals surface area contributed by atoms with E-state index in [0.29, 0.717) is 6.42 Å². The van der Waals surface area contributed by atoms with E-state index in [-0.39, 0.29) is 40.0 Å². The first kappa shape index (κ1) is 33.5. The van der Waals surface area contributed by atoms with Crippen LogP contribution in [0.1, 0.15) is 59.6 Å². The first-order valence-electron chi connectivity index (χ1n) is 13.2. The van der Waals surface area contributed by atoms with Crippen LogP contribution < -0.4 is 11.1 Å². The largest absolute Gasteiger partial charge is 0.477 e. The summed E-state index contributed by atoms with van der Waals surface area (Å²) >= 11 is 2.19. The number of nitrogens with zero attached hydrogens (tertiary/aromatic N) is 3. The molecule has 0 spiro atoms. The van der Waals surface area contributed by atoms with E-state index >= 15 is 0 Å². The Morgan fingerprint density at radius 1 is 1.28 bits per heavy atom. The SMILES string of the molecule is CCCC(ON=C(C(=O)N[C@@H]1C(=O)N2C(C(=O)O)=C(COC(=O)CC(C)=O)CS[C@@H]12)c1csc(N)n1)C(=O)OC(C)(C)C. The maximum atomic E-state index is 13.4. The van der Waals surface area contributed by atoms with Crippen LogP contribution in [0, 0.1) is 0 Å². The predicted octanol–water partition coefficient (Wildman–Crippen LogP) is 1.22. The number of esters is 2. The highest BCUT2D eigenvalue weighted by Crippen LogP contribution is 2.40. The molecule has 1 aromatic rings. The van der Waals surface area contributed by atoms with Crippen molar-refractivity contribution in [3.8, 4) is 0 Å². The predicted molar refractivity (Wildman–Crippen MR) is 155 cm³/mol. The second-order valence-corrected chi connectivity index (χ2v) is 12.6. The summed E-state index contributed by atoms with van der Waals surface area (Å²) in [6.45, 7) is 7.73. The van der Waals surface area contributed by atoms with Gasteiger partial charge < -0.3 is 30.5 Å². The van der Waals surface area contributed by atoms with Gasteiger partial charge in [-0.15, -0.1) is 23.1 Å². The molecule has 17 heteroatoms. The molecule has 1 fully saturated rings. The van der Waals surface area contributed by atoms with Crippen molar-refractivity contribution >= 4 is 69.4 Å². The number of fused-ring (bicyclic) bond motifs is 1. The maximum absolute atomic E-state index is 13.4. The monoisotopic (exact) mass is 639 g/mol. The van der Waals surface area contributed by atoms with Crippen LogP contribution in [0.5, 0.6) is 0 Å². The number of hydrogen-bond donors (Lipinski definition) is 3. The van der Waals surface area contributed by atoms with Crippen molar-refractivity contribution in [2.75, 3.05) is 18.1 Å². The minimum atomic E-state index is -1.42. The highest BCUT2D eigenvalue weighted by Gasteiger charge is 2.54.